The zero-order chi connectivity index (χ0) is 15.4. The van der Waals surface area contributed by atoms with Crippen LogP contribution in [0.1, 0.15) is 31.4 Å². The number of urea groups is 1. The number of likely N-dealkylation sites (tertiary alicyclic amines) is 1. The van der Waals surface area contributed by atoms with Crippen molar-refractivity contribution in [3.63, 3.8) is 0 Å². The molecule has 2 N–H and O–H groups in total. The summed E-state index contributed by atoms with van der Waals surface area (Å²) in [7, 11) is 0. The summed E-state index contributed by atoms with van der Waals surface area (Å²) >= 11 is 0. The molecule has 1 aliphatic rings. The second-order valence-corrected chi connectivity index (χ2v) is 5.32. The van der Waals surface area contributed by atoms with Crippen LogP contribution >= 0.6 is 0 Å². The van der Waals surface area contributed by atoms with Gasteiger partial charge in [-0.1, -0.05) is 12.1 Å². The normalized spacial score (nSPS) is 17.3. The molecule has 0 spiro atoms. The Bertz CT molecular complexity index is 510. The Morgan fingerprint density at radius 2 is 1.86 bits per heavy atom. The van der Waals surface area contributed by atoms with E-state index in [0.717, 1.165) is 5.56 Å². The van der Waals surface area contributed by atoms with Crippen molar-refractivity contribution in [2.75, 3.05) is 13.1 Å². The second-order valence-electron chi connectivity index (χ2n) is 5.32. The van der Waals surface area contributed by atoms with Crippen molar-refractivity contribution in [1.29, 1.82) is 0 Å². The first kappa shape index (κ1) is 15.3. The molecule has 0 radical (unpaired) electrons. The van der Waals surface area contributed by atoms with Gasteiger partial charge in [0.1, 0.15) is 5.82 Å². The zero-order valence-electron chi connectivity index (χ0n) is 11.9. The number of halogens is 1. The molecule has 0 saturated carbocycles. The van der Waals surface area contributed by atoms with Crippen LogP contribution in [0, 0.1) is 11.7 Å². The maximum Gasteiger partial charge on any atom is 0.317 e. The highest BCUT2D eigenvalue weighted by molar-refractivity contribution is 5.75. The van der Waals surface area contributed by atoms with Gasteiger partial charge in [-0.15, -0.1) is 0 Å². The first-order chi connectivity index (χ1) is 9.97. The number of amides is 2. The number of rotatable bonds is 3. The summed E-state index contributed by atoms with van der Waals surface area (Å²) < 4.78 is 12.9. The molecule has 2 amide bonds. The minimum atomic E-state index is -0.797. The number of nitrogens with zero attached hydrogens (tertiary/aromatic N) is 1. The highest BCUT2D eigenvalue weighted by atomic mass is 19.1. The first-order valence-electron chi connectivity index (χ1n) is 7.01. The highest BCUT2D eigenvalue weighted by Gasteiger charge is 2.27. The molecule has 2 rings (SSSR count). The molecule has 1 fully saturated rings. The van der Waals surface area contributed by atoms with Gasteiger partial charge in [-0.2, -0.15) is 0 Å². The molecule has 1 unspecified atom stereocenters. The quantitative estimate of drug-likeness (QED) is 0.899. The topological polar surface area (TPSA) is 69.6 Å². The van der Waals surface area contributed by atoms with E-state index in [2.05, 4.69) is 5.32 Å². The molecular weight excluding hydrogens is 275 g/mol. The summed E-state index contributed by atoms with van der Waals surface area (Å²) in [6.07, 6.45) is 0.960. The fourth-order valence-electron chi connectivity index (χ4n) is 2.44. The largest absolute Gasteiger partial charge is 0.481 e. The number of piperidine rings is 1. The number of carboxylic acid groups (broad SMARTS) is 1. The molecule has 0 bridgehead atoms. The Hall–Kier alpha value is -2.11. The van der Waals surface area contributed by atoms with E-state index in [-0.39, 0.29) is 23.8 Å². The SMILES string of the molecule is CC(NC(=O)N1CCC(C(=O)O)CC1)c1ccc(F)cc1. The molecule has 1 aromatic rings. The molecule has 1 saturated heterocycles. The Kier molecular flexibility index (Phi) is 4.77. The molecule has 1 atom stereocenters. The number of benzene rings is 1. The van der Waals surface area contributed by atoms with Gasteiger partial charge in [-0.05, 0) is 37.5 Å². The molecule has 114 valence electrons. The van der Waals surface area contributed by atoms with E-state index in [1.165, 1.54) is 12.1 Å². The van der Waals surface area contributed by atoms with Gasteiger partial charge in [0.2, 0.25) is 0 Å². The summed E-state index contributed by atoms with van der Waals surface area (Å²) in [4.78, 5) is 24.6. The summed E-state index contributed by atoms with van der Waals surface area (Å²) in [5, 5.41) is 11.8. The number of carbonyl (C=O) groups excluding carboxylic acids is 1. The highest BCUT2D eigenvalue weighted by Crippen LogP contribution is 2.18. The summed E-state index contributed by atoms with van der Waals surface area (Å²) in [6, 6.07) is 5.55. The average Bonchev–Trinajstić information content (AvgIpc) is 2.47. The van der Waals surface area contributed by atoms with E-state index in [9.17, 15) is 14.0 Å². The van der Waals surface area contributed by atoms with Crippen LogP contribution in [0.4, 0.5) is 9.18 Å². The molecule has 0 aliphatic carbocycles. The van der Waals surface area contributed by atoms with Gasteiger partial charge in [0.05, 0.1) is 12.0 Å². The lowest BCUT2D eigenvalue weighted by molar-refractivity contribution is -0.143. The monoisotopic (exact) mass is 294 g/mol. The Morgan fingerprint density at radius 3 is 2.38 bits per heavy atom. The number of hydrogen-bond donors (Lipinski definition) is 2. The van der Waals surface area contributed by atoms with Crippen molar-refractivity contribution in [1.82, 2.24) is 10.2 Å². The summed E-state index contributed by atoms with van der Waals surface area (Å²) in [5.41, 5.74) is 0.824. The average molecular weight is 294 g/mol. The third-order valence-electron chi connectivity index (χ3n) is 3.84. The van der Waals surface area contributed by atoms with Gasteiger partial charge in [-0.25, -0.2) is 9.18 Å². The maximum atomic E-state index is 12.9. The lowest BCUT2D eigenvalue weighted by Crippen LogP contribution is -2.46. The zero-order valence-corrected chi connectivity index (χ0v) is 11.9. The predicted molar refractivity (Wildman–Crippen MR) is 75.3 cm³/mol. The van der Waals surface area contributed by atoms with E-state index in [0.29, 0.717) is 25.9 Å². The van der Waals surface area contributed by atoms with Crippen molar-refractivity contribution in [2.45, 2.75) is 25.8 Å². The number of carbonyl (C=O) groups is 2. The standard InChI is InChI=1S/C15H19FN2O3/c1-10(11-2-4-13(16)5-3-11)17-15(21)18-8-6-12(7-9-18)14(19)20/h2-5,10,12H,6-9H2,1H3,(H,17,21)(H,19,20). The lowest BCUT2D eigenvalue weighted by atomic mass is 9.97. The van der Waals surface area contributed by atoms with Crippen molar-refractivity contribution in [3.8, 4) is 0 Å². The second kappa shape index (κ2) is 6.56. The Labute approximate surface area is 122 Å². The van der Waals surface area contributed by atoms with Gasteiger partial charge >= 0.3 is 12.0 Å². The Morgan fingerprint density at radius 1 is 1.29 bits per heavy atom. The van der Waals surface area contributed by atoms with Crippen LogP contribution in [0.3, 0.4) is 0 Å². The molecule has 21 heavy (non-hydrogen) atoms. The maximum absolute atomic E-state index is 12.9. The first-order valence-corrected chi connectivity index (χ1v) is 7.01. The van der Waals surface area contributed by atoms with Crippen molar-refractivity contribution in [3.05, 3.63) is 35.6 Å². The molecule has 0 aromatic heterocycles. The summed E-state index contributed by atoms with van der Waals surface area (Å²) in [6.45, 7) is 2.72. The minimum absolute atomic E-state index is 0.212. The van der Waals surface area contributed by atoms with Gasteiger partial charge in [0.25, 0.3) is 0 Å². The van der Waals surface area contributed by atoms with Crippen LogP contribution in [0.2, 0.25) is 0 Å². The molecule has 1 aromatic carbocycles. The van der Waals surface area contributed by atoms with Gasteiger partial charge in [-0.3, -0.25) is 4.79 Å². The number of aliphatic carboxylic acids is 1. The fourth-order valence-corrected chi connectivity index (χ4v) is 2.44. The molecular formula is C15H19FN2O3. The van der Waals surface area contributed by atoms with Crippen LogP contribution in [-0.2, 0) is 4.79 Å². The van der Waals surface area contributed by atoms with Gasteiger partial charge < -0.3 is 15.3 Å². The third kappa shape index (κ3) is 3.93. The van der Waals surface area contributed by atoms with Gasteiger partial charge in [0.15, 0.2) is 0 Å². The Balaban J connectivity index is 1.87. The number of nitrogens with one attached hydrogen (secondary N) is 1. The summed E-state index contributed by atoms with van der Waals surface area (Å²) in [5.74, 6) is -1.47. The van der Waals surface area contributed by atoms with Crippen LogP contribution in [0.15, 0.2) is 24.3 Å². The van der Waals surface area contributed by atoms with Crippen molar-refractivity contribution >= 4 is 12.0 Å². The number of hydrogen-bond acceptors (Lipinski definition) is 2. The number of carboxylic acids is 1. The van der Waals surface area contributed by atoms with E-state index < -0.39 is 5.97 Å². The van der Waals surface area contributed by atoms with Crippen molar-refractivity contribution in [2.24, 2.45) is 5.92 Å². The minimum Gasteiger partial charge on any atom is -0.481 e. The fraction of sp³-hybridized carbons (Fsp3) is 0.467. The van der Waals surface area contributed by atoms with Crippen LogP contribution in [0.5, 0.6) is 0 Å². The molecule has 5 nitrogen and oxygen atoms in total. The van der Waals surface area contributed by atoms with Crippen LogP contribution < -0.4 is 5.32 Å². The van der Waals surface area contributed by atoms with E-state index in [1.54, 1.807) is 17.0 Å². The van der Waals surface area contributed by atoms with Crippen LogP contribution in [-0.4, -0.2) is 35.1 Å². The smallest absolute Gasteiger partial charge is 0.317 e. The van der Waals surface area contributed by atoms with E-state index >= 15 is 0 Å². The van der Waals surface area contributed by atoms with Gasteiger partial charge in [0, 0.05) is 13.1 Å². The third-order valence-corrected chi connectivity index (χ3v) is 3.84. The van der Waals surface area contributed by atoms with E-state index in [1.807, 2.05) is 6.92 Å². The van der Waals surface area contributed by atoms with Crippen molar-refractivity contribution < 1.29 is 19.1 Å². The predicted octanol–water partition coefficient (Wildman–Crippen LogP) is 2.39. The molecule has 1 heterocycles. The van der Waals surface area contributed by atoms with E-state index in [4.69, 9.17) is 5.11 Å². The molecule has 6 heteroatoms. The molecule has 1 aliphatic heterocycles. The van der Waals surface area contributed by atoms with Crippen LogP contribution in [0.25, 0.3) is 0 Å². The lowest BCUT2D eigenvalue weighted by Gasteiger charge is -2.31.